The summed E-state index contributed by atoms with van der Waals surface area (Å²) in [5.74, 6) is -0.137. The Morgan fingerprint density at radius 3 is 1.88 bits per heavy atom. The number of ketones is 1. The van der Waals surface area contributed by atoms with Gasteiger partial charge in [0.2, 0.25) is 0 Å². The van der Waals surface area contributed by atoms with Crippen molar-refractivity contribution in [1.82, 2.24) is 0 Å². The van der Waals surface area contributed by atoms with Gasteiger partial charge in [-0.2, -0.15) is 0 Å². The minimum atomic E-state index is -0.162. The lowest BCUT2D eigenvalue weighted by atomic mass is 10.4. The molecule has 0 aliphatic rings. The summed E-state index contributed by atoms with van der Waals surface area (Å²) in [5, 5.41) is 8.60. The average Bonchev–Trinajstić information content (AvgIpc) is 1.64. The van der Waals surface area contributed by atoms with Crippen LogP contribution in [0.25, 0.3) is 0 Å². The number of Topliss-reactive ketones (excluding diaryl/α,β-unsaturated/α-hetero) is 1. The van der Waals surface area contributed by atoms with Gasteiger partial charge in [0, 0.05) is 0 Å². The average molecular weight is 179 g/mol. The molecule has 0 unspecified atom stereocenters. The Bertz CT molecular complexity index is 133. The van der Waals surface area contributed by atoms with E-state index in [1.54, 1.807) is 0 Å². The van der Waals surface area contributed by atoms with E-state index in [4.69, 9.17) is 5.11 Å². The minimum absolute atomic E-state index is 0.0255. The van der Waals surface area contributed by atoms with Crippen molar-refractivity contribution in [3.05, 3.63) is 10.2 Å². The van der Waals surface area contributed by atoms with Crippen molar-refractivity contribution in [3.8, 4) is 0 Å². The van der Waals surface area contributed by atoms with Crippen molar-refractivity contribution in [1.29, 1.82) is 0 Å². The molecule has 0 aliphatic heterocycles. The largest absolute Gasteiger partial charge is 0.511 e. The molecule has 0 rings (SSSR count). The lowest BCUT2D eigenvalue weighted by molar-refractivity contribution is -0.113. The molecule has 0 saturated heterocycles. The van der Waals surface area contributed by atoms with Gasteiger partial charge in [0.1, 0.15) is 5.76 Å². The molecule has 0 saturated carbocycles. The van der Waals surface area contributed by atoms with Gasteiger partial charge in [-0.05, 0) is 29.8 Å². The van der Waals surface area contributed by atoms with Crippen LogP contribution in [0, 0.1) is 0 Å². The molecule has 0 atom stereocenters. The number of allylic oxidation sites excluding steroid dienone is 2. The normalized spacial score (nSPS) is 12.9. The molecular formula is C5H7BrO2. The van der Waals surface area contributed by atoms with Crippen molar-refractivity contribution >= 4 is 21.7 Å². The van der Waals surface area contributed by atoms with Crippen LogP contribution in [0.15, 0.2) is 10.2 Å². The summed E-state index contributed by atoms with van der Waals surface area (Å²) in [7, 11) is 0. The van der Waals surface area contributed by atoms with Crippen LogP contribution < -0.4 is 0 Å². The highest BCUT2D eigenvalue weighted by atomic mass is 79.9. The van der Waals surface area contributed by atoms with Gasteiger partial charge in [-0.25, -0.2) is 0 Å². The van der Waals surface area contributed by atoms with Crippen LogP contribution in [0.4, 0.5) is 0 Å². The fourth-order valence-corrected chi connectivity index (χ4v) is 0.255. The van der Waals surface area contributed by atoms with E-state index in [1.807, 2.05) is 0 Å². The predicted molar refractivity (Wildman–Crippen MR) is 34.9 cm³/mol. The van der Waals surface area contributed by atoms with Crippen molar-refractivity contribution in [2.45, 2.75) is 13.8 Å². The molecule has 0 aromatic carbocycles. The SMILES string of the molecule is CC(=O)C(Br)=C(C)O. The molecule has 0 bridgehead atoms. The quantitative estimate of drug-likeness (QED) is 0.491. The maximum Gasteiger partial charge on any atom is 0.170 e. The van der Waals surface area contributed by atoms with Crippen LogP contribution in [-0.4, -0.2) is 10.9 Å². The van der Waals surface area contributed by atoms with E-state index in [1.165, 1.54) is 13.8 Å². The predicted octanol–water partition coefficient (Wildman–Crippen LogP) is 1.76. The first-order chi connectivity index (χ1) is 3.55. The van der Waals surface area contributed by atoms with Crippen molar-refractivity contribution < 1.29 is 9.90 Å². The summed E-state index contributed by atoms with van der Waals surface area (Å²) in [4.78, 5) is 10.3. The first-order valence-electron chi connectivity index (χ1n) is 2.12. The van der Waals surface area contributed by atoms with E-state index < -0.39 is 0 Å². The Hall–Kier alpha value is -0.310. The molecule has 0 fully saturated rings. The van der Waals surface area contributed by atoms with Gasteiger partial charge in [0.25, 0.3) is 0 Å². The lowest BCUT2D eigenvalue weighted by Crippen LogP contribution is -1.90. The Labute approximate surface area is 56.3 Å². The van der Waals surface area contributed by atoms with E-state index >= 15 is 0 Å². The zero-order chi connectivity index (χ0) is 6.73. The highest BCUT2D eigenvalue weighted by molar-refractivity contribution is 9.12. The van der Waals surface area contributed by atoms with E-state index in [-0.39, 0.29) is 16.0 Å². The molecule has 0 radical (unpaired) electrons. The number of carbonyl (C=O) groups is 1. The summed E-state index contributed by atoms with van der Waals surface area (Å²) in [6.07, 6.45) is 0. The van der Waals surface area contributed by atoms with Crippen LogP contribution in [0.2, 0.25) is 0 Å². The number of rotatable bonds is 1. The molecule has 0 spiro atoms. The topological polar surface area (TPSA) is 37.3 Å². The van der Waals surface area contributed by atoms with Crippen LogP contribution >= 0.6 is 15.9 Å². The molecule has 0 aromatic rings. The van der Waals surface area contributed by atoms with Crippen LogP contribution in [0.3, 0.4) is 0 Å². The third kappa shape index (κ3) is 2.12. The van der Waals surface area contributed by atoms with Crippen LogP contribution in [0.1, 0.15) is 13.8 Å². The Morgan fingerprint density at radius 2 is 1.88 bits per heavy atom. The number of aliphatic hydroxyl groups excluding tert-OH is 1. The van der Waals surface area contributed by atoms with E-state index in [0.717, 1.165) is 0 Å². The van der Waals surface area contributed by atoms with Crippen molar-refractivity contribution in [2.24, 2.45) is 0 Å². The van der Waals surface area contributed by atoms with E-state index in [2.05, 4.69) is 15.9 Å². The van der Waals surface area contributed by atoms with E-state index in [9.17, 15) is 4.79 Å². The lowest BCUT2D eigenvalue weighted by Gasteiger charge is -1.90. The molecule has 0 heterocycles. The van der Waals surface area contributed by atoms with Gasteiger partial charge in [0.05, 0.1) is 4.48 Å². The van der Waals surface area contributed by atoms with Crippen molar-refractivity contribution in [2.75, 3.05) is 0 Å². The highest BCUT2D eigenvalue weighted by Crippen LogP contribution is 2.09. The molecule has 0 amide bonds. The number of halogens is 1. The third-order valence-corrected chi connectivity index (χ3v) is 1.76. The van der Waals surface area contributed by atoms with Crippen LogP contribution in [0.5, 0.6) is 0 Å². The smallest absolute Gasteiger partial charge is 0.170 e. The van der Waals surface area contributed by atoms with Gasteiger partial charge >= 0.3 is 0 Å². The Balaban J connectivity index is 4.23. The first kappa shape index (κ1) is 7.69. The second kappa shape index (κ2) is 2.87. The molecule has 0 aliphatic carbocycles. The number of carbonyl (C=O) groups excluding carboxylic acids is 1. The number of hydrogen-bond acceptors (Lipinski definition) is 2. The maximum absolute atomic E-state index is 10.3. The molecule has 8 heavy (non-hydrogen) atoms. The molecule has 2 nitrogen and oxygen atoms in total. The summed E-state index contributed by atoms with van der Waals surface area (Å²) in [6.45, 7) is 2.83. The zero-order valence-corrected chi connectivity index (χ0v) is 6.32. The number of hydrogen-bond donors (Lipinski definition) is 1. The maximum atomic E-state index is 10.3. The summed E-state index contributed by atoms with van der Waals surface area (Å²) in [6, 6.07) is 0. The van der Waals surface area contributed by atoms with E-state index in [0.29, 0.717) is 0 Å². The van der Waals surface area contributed by atoms with Crippen molar-refractivity contribution in [3.63, 3.8) is 0 Å². The Kier molecular flexibility index (Phi) is 2.76. The number of aliphatic hydroxyl groups is 1. The van der Waals surface area contributed by atoms with Gasteiger partial charge in [-0.1, -0.05) is 0 Å². The van der Waals surface area contributed by atoms with Crippen LogP contribution in [-0.2, 0) is 4.79 Å². The molecule has 1 N–H and O–H groups in total. The fraction of sp³-hybridized carbons (Fsp3) is 0.400. The summed E-state index contributed by atoms with van der Waals surface area (Å²) < 4.78 is 0.248. The zero-order valence-electron chi connectivity index (χ0n) is 4.73. The van der Waals surface area contributed by atoms with Gasteiger partial charge in [0.15, 0.2) is 5.78 Å². The highest BCUT2D eigenvalue weighted by Gasteiger charge is 2.00. The third-order valence-electron chi connectivity index (χ3n) is 0.627. The molecule has 46 valence electrons. The minimum Gasteiger partial charge on any atom is -0.511 e. The van der Waals surface area contributed by atoms with Gasteiger partial charge in [-0.15, -0.1) is 0 Å². The first-order valence-corrected chi connectivity index (χ1v) is 2.91. The van der Waals surface area contributed by atoms with Gasteiger partial charge in [-0.3, -0.25) is 4.79 Å². The summed E-state index contributed by atoms with van der Waals surface area (Å²) >= 11 is 2.89. The monoisotopic (exact) mass is 178 g/mol. The second-order valence-electron chi connectivity index (χ2n) is 1.46. The molecule has 3 heteroatoms. The van der Waals surface area contributed by atoms with Gasteiger partial charge < -0.3 is 5.11 Å². The fourth-order valence-electron chi connectivity index (χ4n) is 0.255. The summed E-state index contributed by atoms with van der Waals surface area (Å²) in [5.41, 5.74) is 0. The standard InChI is InChI=1S/C5H7BrO2/c1-3(7)5(6)4(2)8/h7H,1-2H3. The molecule has 0 aromatic heterocycles. The second-order valence-corrected chi connectivity index (χ2v) is 2.25. The molecular weight excluding hydrogens is 172 g/mol. The Morgan fingerprint density at radius 1 is 1.50 bits per heavy atom.